The van der Waals surface area contributed by atoms with Crippen molar-refractivity contribution in [1.82, 2.24) is 14.8 Å². The van der Waals surface area contributed by atoms with Crippen LogP contribution in [0.3, 0.4) is 0 Å². The van der Waals surface area contributed by atoms with E-state index in [1.165, 1.54) is 19.4 Å². The van der Waals surface area contributed by atoms with E-state index in [9.17, 15) is 4.79 Å². The molecule has 4 rings (SSSR count). The number of fused-ring (bicyclic) bond motifs is 1. The topological polar surface area (TPSA) is 82.4 Å². The van der Waals surface area contributed by atoms with Gasteiger partial charge in [0.1, 0.15) is 16.8 Å². The third kappa shape index (κ3) is 4.62. The Morgan fingerprint density at radius 1 is 1.28 bits per heavy atom. The Kier molecular flexibility index (Phi) is 6.18. The first kappa shape index (κ1) is 20.7. The summed E-state index contributed by atoms with van der Waals surface area (Å²) >= 11 is 6.05. The molecule has 7 nitrogen and oxygen atoms in total. The van der Waals surface area contributed by atoms with Gasteiger partial charge in [0.15, 0.2) is 0 Å². The number of carbonyl (C=O) groups excluding carboxylic acids is 1. The lowest BCUT2D eigenvalue weighted by Gasteiger charge is -2.35. The molecule has 1 atom stereocenters. The number of piperidine rings is 1. The Balaban J connectivity index is 1.23. The van der Waals surface area contributed by atoms with Crippen LogP contribution in [0.2, 0.25) is 5.02 Å². The van der Waals surface area contributed by atoms with Gasteiger partial charge >= 0.3 is 0 Å². The van der Waals surface area contributed by atoms with E-state index in [0.29, 0.717) is 17.5 Å². The molecule has 2 fully saturated rings. The number of likely N-dealkylation sites (tertiary alicyclic amines) is 1. The zero-order chi connectivity index (χ0) is 20.4. The predicted molar refractivity (Wildman–Crippen MR) is 113 cm³/mol. The fourth-order valence-electron chi connectivity index (χ4n) is 4.71. The minimum absolute atomic E-state index is 0.0126. The molecule has 0 saturated carbocycles. The summed E-state index contributed by atoms with van der Waals surface area (Å²) in [6.45, 7) is 8.28. The highest BCUT2D eigenvalue weighted by molar-refractivity contribution is 6.30. The van der Waals surface area contributed by atoms with Gasteiger partial charge in [-0.25, -0.2) is 0 Å². The summed E-state index contributed by atoms with van der Waals surface area (Å²) in [5, 5.41) is 14.9. The van der Waals surface area contributed by atoms with E-state index < -0.39 is 5.54 Å². The molecule has 0 aromatic carbocycles. The van der Waals surface area contributed by atoms with Gasteiger partial charge in [-0.3, -0.25) is 10.2 Å². The Morgan fingerprint density at radius 2 is 2.00 bits per heavy atom. The highest BCUT2D eigenvalue weighted by Gasteiger charge is 2.39. The van der Waals surface area contributed by atoms with Gasteiger partial charge in [-0.2, -0.15) is 0 Å². The molecule has 1 amide bonds. The first-order valence-corrected chi connectivity index (χ1v) is 11.1. The third-order valence-electron chi connectivity index (χ3n) is 6.67. The monoisotopic (exact) mass is 421 g/mol. The number of ether oxygens (including phenoxy) is 1. The quantitative estimate of drug-likeness (QED) is 0.679. The van der Waals surface area contributed by atoms with Crippen LogP contribution in [0.5, 0.6) is 0 Å². The van der Waals surface area contributed by atoms with Crippen molar-refractivity contribution < 1.29 is 9.53 Å². The first-order valence-electron chi connectivity index (χ1n) is 10.7. The van der Waals surface area contributed by atoms with Crippen molar-refractivity contribution in [2.75, 3.05) is 44.7 Å². The average molecular weight is 422 g/mol. The van der Waals surface area contributed by atoms with Crippen LogP contribution in [-0.4, -0.2) is 60.3 Å². The molecule has 0 radical (unpaired) electrons. The molecule has 2 saturated heterocycles. The van der Waals surface area contributed by atoms with Crippen LogP contribution in [0.15, 0.2) is 12.1 Å². The minimum atomic E-state index is -0.753. The maximum absolute atomic E-state index is 12.9. The van der Waals surface area contributed by atoms with Crippen molar-refractivity contribution in [3.05, 3.63) is 22.6 Å². The average Bonchev–Trinajstić information content (AvgIpc) is 3.09. The summed E-state index contributed by atoms with van der Waals surface area (Å²) in [6.07, 6.45) is 4.64. The summed E-state index contributed by atoms with van der Waals surface area (Å²) in [5.41, 5.74) is -0.512. The highest BCUT2D eigenvalue weighted by atomic mass is 35.5. The normalized spacial score (nSPS) is 26.1. The molecule has 3 aliphatic rings. The summed E-state index contributed by atoms with van der Waals surface area (Å²) in [5.74, 6) is 2.06. The number of hydrogen-bond acceptors (Lipinski definition) is 5. The van der Waals surface area contributed by atoms with E-state index in [0.717, 1.165) is 57.4 Å². The van der Waals surface area contributed by atoms with Crippen molar-refractivity contribution in [2.45, 2.75) is 44.7 Å². The molecule has 1 aromatic rings. The third-order valence-corrected chi connectivity index (χ3v) is 6.97. The van der Waals surface area contributed by atoms with E-state index in [4.69, 9.17) is 21.7 Å². The van der Waals surface area contributed by atoms with Crippen molar-refractivity contribution >= 4 is 23.3 Å². The number of amides is 1. The number of rotatable bonds is 5. The van der Waals surface area contributed by atoms with Crippen molar-refractivity contribution in [1.29, 1.82) is 5.41 Å². The maximum Gasteiger partial charge on any atom is 0.247 e. The van der Waals surface area contributed by atoms with Crippen LogP contribution in [-0.2, 0) is 16.1 Å². The van der Waals surface area contributed by atoms with Crippen LogP contribution in [0.1, 0.15) is 32.6 Å². The molecular formula is C21H32ClN5O2. The smallest absolute Gasteiger partial charge is 0.247 e. The van der Waals surface area contributed by atoms with Gasteiger partial charge in [-0.15, -0.1) is 0 Å². The molecule has 29 heavy (non-hydrogen) atoms. The lowest BCUT2D eigenvalue weighted by atomic mass is 9.93. The summed E-state index contributed by atoms with van der Waals surface area (Å²) < 4.78 is 7.22. The van der Waals surface area contributed by atoms with Crippen LogP contribution >= 0.6 is 11.6 Å². The Hall–Kier alpha value is -1.57. The number of aromatic nitrogens is 1. The van der Waals surface area contributed by atoms with Crippen LogP contribution in [0, 0.1) is 17.2 Å². The number of pyridine rings is 1. The molecule has 1 aromatic heterocycles. The number of anilines is 1. The second kappa shape index (κ2) is 8.66. The second-order valence-electron chi connectivity index (χ2n) is 8.97. The lowest BCUT2D eigenvalue weighted by molar-refractivity contribution is -0.125. The van der Waals surface area contributed by atoms with Gasteiger partial charge in [0.25, 0.3) is 0 Å². The van der Waals surface area contributed by atoms with Gasteiger partial charge in [0, 0.05) is 26.3 Å². The van der Waals surface area contributed by atoms with Crippen LogP contribution in [0.25, 0.3) is 0 Å². The molecule has 3 aliphatic heterocycles. The maximum atomic E-state index is 12.9. The van der Waals surface area contributed by atoms with E-state index >= 15 is 0 Å². The van der Waals surface area contributed by atoms with E-state index in [-0.39, 0.29) is 11.4 Å². The number of nitrogens with zero attached hydrogens (tertiary/aromatic N) is 2. The highest BCUT2D eigenvalue weighted by Crippen LogP contribution is 2.26. The molecule has 0 spiro atoms. The number of carbonyl (C=O) groups is 1. The zero-order valence-corrected chi connectivity index (χ0v) is 17.9. The fourth-order valence-corrected chi connectivity index (χ4v) is 4.88. The summed E-state index contributed by atoms with van der Waals surface area (Å²) in [6, 6.07) is 3.52. The molecule has 3 N–H and O–H groups in total. The first-order chi connectivity index (χ1) is 13.9. The number of hydrogen-bond donors (Lipinski definition) is 3. The SMILES string of the molecule is CC1(C(=O)NCC2CCN(CC3CCOCC3)CC2)Cn2c(ccc(Cl)c2=N)N1. The van der Waals surface area contributed by atoms with Crippen molar-refractivity contribution in [3.8, 4) is 0 Å². The second-order valence-corrected chi connectivity index (χ2v) is 9.38. The number of nitrogens with one attached hydrogen (secondary N) is 3. The van der Waals surface area contributed by atoms with Crippen molar-refractivity contribution in [3.63, 3.8) is 0 Å². The standard InChI is InChI=1S/C21H32ClN5O2/c1-21(14-27-18(25-21)3-2-17(22)19(27)23)20(28)24-12-15-4-8-26(9-5-15)13-16-6-10-29-11-7-16/h2-3,15-16,23,25H,4-14H2,1H3,(H,24,28). The van der Waals surface area contributed by atoms with E-state index in [1.807, 2.05) is 13.0 Å². The summed E-state index contributed by atoms with van der Waals surface area (Å²) in [4.78, 5) is 15.5. The van der Waals surface area contributed by atoms with E-state index in [2.05, 4.69) is 15.5 Å². The lowest BCUT2D eigenvalue weighted by Crippen LogP contribution is -2.51. The molecular weight excluding hydrogens is 390 g/mol. The van der Waals surface area contributed by atoms with E-state index in [1.54, 1.807) is 10.6 Å². The largest absolute Gasteiger partial charge is 0.381 e. The Morgan fingerprint density at radius 3 is 2.72 bits per heavy atom. The van der Waals surface area contributed by atoms with Crippen LogP contribution in [0.4, 0.5) is 5.82 Å². The molecule has 0 aliphatic carbocycles. The Bertz CT molecular complexity index is 799. The molecule has 160 valence electrons. The van der Waals surface area contributed by atoms with Crippen molar-refractivity contribution in [2.24, 2.45) is 11.8 Å². The van der Waals surface area contributed by atoms with Crippen LogP contribution < -0.4 is 16.1 Å². The summed E-state index contributed by atoms with van der Waals surface area (Å²) in [7, 11) is 0. The fraction of sp³-hybridized carbons (Fsp3) is 0.714. The molecule has 8 heteroatoms. The Labute approximate surface area is 177 Å². The van der Waals surface area contributed by atoms with Gasteiger partial charge in [0.2, 0.25) is 5.91 Å². The van der Waals surface area contributed by atoms with Gasteiger partial charge in [-0.05, 0) is 69.7 Å². The van der Waals surface area contributed by atoms with Gasteiger partial charge in [-0.1, -0.05) is 11.6 Å². The number of halogens is 1. The van der Waals surface area contributed by atoms with Gasteiger partial charge < -0.3 is 24.8 Å². The molecule has 0 bridgehead atoms. The zero-order valence-electron chi connectivity index (χ0n) is 17.2. The molecule has 4 heterocycles. The predicted octanol–water partition coefficient (Wildman–Crippen LogP) is 2.06. The minimum Gasteiger partial charge on any atom is -0.381 e. The van der Waals surface area contributed by atoms with Gasteiger partial charge in [0.05, 0.1) is 11.6 Å². The molecule has 1 unspecified atom stereocenters.